The van der Waals surface area contributed by atoms with E-state index in [0.717, 1.165) is 12.1 Å². The Bertz CT molecular complexity index is 631. The van der Waals surface area contributed by atoms with E-state index in [2.05, 4.69) is 30.7 Å². The van der Waals surface area contributed by atoms with Gasteiger partial charge in [-0.3, -0.25) is 4.79 Å². The van der Waals surface area contributed by atoms with Crippen molar-refractivity contribution in [3.05, 3.63) is 30.1 Å². The lowest BCUT2D eigenvalue weighted by atomic mass is 10.2. The molecule has 1 aromatic heterocycles. The van der Waals surface area contributed by atoms with E-state index in [-0.39, 0.29) is 17.9 Å². The summed E-state index contributed by atoms with van der Waals surface area (Å²) in [6.45, 7) is 0. The maximum absolute atomic E-state index is 12.1. The molecule has 0 fully saturated rings. The van der Waals surface area contributed by atoms with Gasteiger partial charge < -0.3 is 15.8 Å². The minimum absolute atomic E-state index is 0.0288. The Labute approximate surface area is 121 Å². The second-order valence-corrected chi connectivity index (χ2v) is 4.20. The Morgan fingerprint density at radius 1 is 1.45 bits per heavy atom. The molecule has 0 aliphatic rings. The molecule has 0 radical (unpaired) electrons. The van der Waals surface area contributed by atoms with E-state index in [1.807, 2.05) is 0 Å². The number of halogens is 3. The fraction of sp³-hybridized carbons (Fsp3) is 0.273. The van der Waals surface area contributed by atoms with Crippen molar-refractivity contribution >= 4 is 11.6 Å². The van der Waals surface area contributed by atoms with E-state index >= 15 is 0 Å². The lowest BCUT2D eigenvalue weighted by molar-refractivity contribution is -0.274. The maximum atomic E-state index is 12.1. The van der Waals surface area contributed by atoms with E-state index in [1.54, 1.807) is 0 Å². The monoisotopic (exact) mass is 316 g/mol. The van der Waals surface area contributed by atoms with Gasteiger partial charge in [0.1, 0.15) is 5.75 Å². The number of amides is 1. The van der Waals surface area contributed by atoms with Crippen molar-refractivity contribution in [3.8, 4) is 5.75 Å². The molecule has 11 heteroatoms. The number of hydrogen-bond acceptors (Lipinski definition) is 6. The number of nitrogens with zero attached hydrogens (tertiary/aromatic N) is 3. The molecular formula is C11H11F3N6O2. The van der Waals surface area contributed by atoms with Crippen LogP contribution in [0, 0.1) is 0 Å². The van der Waals surface area contributed by atoms with Gasteiger partial charge in [0.05, 0.1) is 6.04 Å². The van der Waals surface area contributed by atoms with Crippen molar-refractivity contribution in [1.29, 1.82) is 0 Å². The number of alkyl halides is 3. The van der Waals surface area contributed by atoms with Crippen LogP contribution in [0.4, 0.5) is 18.9 Å². The highest BCUT2D eigenvalue weighted by Gasteiger charge is 2.31. The summed E-state index contributed by atoms with van der Waals surface area (Å²) >= 11 is 0. The zero-order chi connectivity index (χ0) is 16.2. The highest BCUT2D eigenvalue weighted by Crippen LogP contribution is 2.25. The summed E-state index contributed by atoms with van der Waals surface area (Å²) in [7, 11) is 0. The molecule has 2 rings (SSSR count). The standard InChI is InChI=1S/C11H11F3N6O2/c12-11(13,14)22-7-3-1-2-6(4-7)16-10(21)8(15)5-9-17-19-20-18-9/h1-4,8H,5,15H2,(H,16,21)(H,17,18,19,20)/t8-/m1/s1. The van der Waals surface area contributed by atoms with Crippen LogP contribution in [-0.4, -0.2) is 38.9 Å². The molecule has 118 valence electrons. The zero-order valence-corrected chi connectivity index (χ0v) is 11.0. The van der Waals surface area contributed by atoms with Crippen molar-refractivity contribution in [2.75, 3.05) is 5.32 Å². The lowest BCUT2D eigenvalue weighted by Crippen LogP contribution is -2.37. The molecule has 2 aromatic rings. The van der Waals surface area contributed by atoms with Crippen LogP contribution < -0.4 is 15.8 Å². The second-order valence-electron chi connectivity index (χ2n) is 4.20. The molecule has 0 aliphatic carbocycles. The third-order valence-corrected chi connectivity index (χ3v) is 2.46. The van der Waals surface area contributed by atoms with E-state index < -0.39 is 24.1 Å². The number of nitrogens with two attached hydrogens (primary N) is 1. The number of hydrogen-bond donors (Lipinski definition) is 3. The van der Waals surface area contributed by atoms with Gasteiger partial charge in [0, 0.05) is 18.2 Å². The van der Waals surface area contributed by atoms with Gasteiger partial charge in [0.25, 0.3) is 0 Å². The van der Waals surface area contributed by atoms with Gasteiger partial charge in [-0.2, -0.15) is 5.21 Å². The highest BCUT2D eigenvalue weighted by molar-refractivity contribution is 5.94. The number of anilines is 1. The topological polar surface area (TPSA) is 119 Å². The molecule has 1 aromatic carbocycles. The van der Waals surface area contributed by atoms with E-state index in [0.29, 0.717) is 0 Å². The number of aromatic amines is 1. The molecule has 8 nitrogen and oxygen atoms in total. The van der Waals surface area contributed by atoms with Crippen molar-refractivity contribution < 1.29 is 22.7 Å². The minimum atomic E-state index is -4.81. The van der Waals surface area contributed by atoms with Crippen LogP contribution in [0.25, 0.3) is 0 Å². The Hall–Kier alpha value is -2.69. The van der Waals surface area contributed by atoms with Gasteiger partial charge in [0.15, 0.2) is 5.82 Å². The summed E-state index contributed by atoms with van der Waals surface area (Å²) in [5, 5.41) is 15.2. The summed E-state index contributed by atoms with van der Waals surface area (Å²) in [6.07, 6.45) is -4.78. The average molecular weight is 316 g/mol. The first-order valence-corrected chi connectivity index (χ1v) is 5.98. The van der Waals surface area contributed by atoms with E-state index in [4.69, 9.17) is 5.73 Å². The van der Waals surface area contributed by atoms with Crippen LogP contribution in [0.5, 0.6) is 5.75 Å². The van der Waals surface area contributed by atoms with Crippen LogP contribution in [0.3, 0.4) is 0 Å². The van der Waals surface area contributed by atoms with Crippen molar-refractivity contribution in [2.45, 2.75) is 18.8 Å². The molecule has 0 bridgehead atoms. The first-order chi connectivity index (χ1) is 10.3. The zero-order valence-electron chi connectivity index (χ0n) is 11.0. The first kappa shape index (κ1) is 15.7. The van der Waals surface area contributed by atoms with Gasteiger partial charge >= 0.3 is 6.36 Å². The number of ether oxygens (including phenoxy) is 1. The van der Waals surface area contributed by atoms with Gasteiger partial charge in [-0.05, 0) is 12.1 Å². The number of rotatable bonds is 5. The normalized spacial score (nSPS) is 12.7. The highest BCUT2D eigenvalue weighted by atomic mass is 19.4. The predicted octanol–water partition coefficient (Wildman–Crippen LogP) is 0.607. The summed E-state index contributed by atoms with van der Waals surface area (Å²) < 4.78 is 40.1. The molecule has 0 spiro atoms. The summed E-state index contributed by atoms with van der Waals surface area (Å²) in [6, 6.07) is 3.88. The number of benzene rings is 1. The van der Waals surface area contributed by atoms with Crippen LogP contribution in [0.2, 0.25) is 0 Å². The summed E-state index contributed by atoms with van der Waals surface area (Å²) in [4.78, 5) is 11.8. The van der Waals surface area contributed by atoms with Gasteiger partial charge in [-0.25, -0.2) is 0 Å². The number of carbonyl (C=O) groups is 1. The van der Waals surface area contributed by atoms with Crippen LogP contribution in [0.1, 0.15) is 5.82 Å². The number of carbonyl (C=O) groups excluding carboxylic acids is 1. The molecule has 0 unspecified atom stereocenters. The van der Waals surface area contributed by atoms with Gasteiger partial charge in [0.2, 0.25) is 5.91 Å². The number of tetrazole rings is 1. The molecule has 1 atom stereocenters. The largest absolute Gasteiger partial charge is 0.573 e. The Balaban J connectivity index is 1.97. The molecule has 1 amide bonds. The molecule has 0 saturated carbocycles. The predicted molar refractivity (Wildman–Crippen MR) is 67.6 cm³/mol. The van der Waals surface area contributed by atoms with Crippen LogP contribution >= 0.6 is 0 Å². The van der Waals surface area contributed by atoms with Gasteiger partial charge in [-0.15, -0.1) is 23.4 Å². The van der Waals surface area contributed by atoms with E-state index in [1.165, 1.54) is 12.1 Å². The smallest absolute Gasteiger partial charge is 0.406 e. The molecule has 22 heavy (non-hydrogen) atoms. The summed E-state index contributed by atoms with van der Waals surface area (Å²) in [5.41, 5.74) is 5.77. The molecule has 4 N–H and O–H groups in total. The van der Waals surface area contributed by atoms with Crippen molar-refractivity contribution in [3.63, 3.8) is 0 Å². The van der Waals surface area contributed by atoms with Gasteiger partial charge in [-0.1, -0.05) is 11.3 Å². The maximum Gasteiger partial charge on any atom is 0.573 e. The molecule has 1 heterocycles. The summed E-state index contributed by atoms with van der Waals surface area (Å²) in [5.74, 6) is -0.803. The quantitative estimate of drug-likeness (QED) is 0.743. The molecule has 0 saturated heterocycles. The van der Waals surface area contributed by atoms with Crippen LogP contribution in [0.15, 0.2) is 24.3 Å². The Morgan fingerprint density at radius 2 is 2.23 bits per heavy atom. The number of H-pyrrole nitrogens is 1. The van der Waals surface area contributed by atoms with Crippen LogP contribution in [-0.2, 0) is 11.2 Å². The minimum Gasteiger partial charge on any atom is -0.406 e. The SMILES string of the molecule is N[C@H](Cc1nn[nH]n1)C(=O)Nc1cccc(OC(F)(F)F)c1. The fourth-order valence-corrected chi connectivity index (χ4v) is 1.56. The third kappa shape index (κ3) is 4.70. The van der Waals surface area contributed by atoms with Crippen molar-refractivity contribution in [2.24, 2.45) is 5.73 Å². The molecule has 0 aliphatic heterocycles. The Morgan fingerprint density at radius 3 is 2.86 bits per heavy atom. The Kier molecular flexibility index (Phi) is 4.56. The fourth-order valence-electron chi connectivity index (χ4n) is 1.56. The second kappa shape index (κ2) is 6.39. The average Bonchev–Trinajstić information content (AvgIpc) is 2.89. The van der Waals surface area contributed by atoms with E-state index in [9.17, 15) is 18.0 Å². The number of aromatic nitrogens is 4. The van der Waals surface area contributed by atoms with Crippen molar-refractivity contribution in [1.82, 2.24) is 20.6 Å². The third-order valence-electron chi connectivity index (χ3n) is 2.46. The number of nitrogens with one attached hydrogen (secondary N) is 2. The lowest BCUT2D eigenvalue weighted by Gasteiger charge is -2.12. The molecular weight excluding hydrogens is 305 g/mol. The first-order valence-electron chi connectivity index (χ1n) is 5.98.